The molecule has 9 heteroatoms. The summed E-state index contributed by atoms with van der Waals surface area (Å²) in [7, 11) is 0. The molecule has 0 unspecified atom stereocenters. The lowest BCUT2D eigenvalue weighted by molar-refractivity contribution is -0.384. The Hall–Kier alpha value is -2.97. The second-order valence-electron chi connectivity index (χ2n) is 4.15. The van der Waals surface area contributed by atoms with Crippen molar-refractivity contribution in [2.45, 2.75) is 6.18 Å². The van der Waals surface area contributed by atoms with E-state index in [-0.39, 0.29) is 11.5 Å². The van der Waals surface area contributed by atoms with Gasteiger partial charge < -0.3 is 0 Å². The minimum atomic E-state index is -4.44. The molecule has 22 heavy (non-hydrogen) atoms. The van der Waals surface area contributed by atoms with Crippen molar-refractivity contribution >= 4 is 17.7 Å². The highest BCUT2D eigenvalue weighted by atomic mass is 19.4. The van der Waals surface area contributed by atoms with Crippen LogP contribution in [0.1, 0.15) is 11.1 Å². The van der Waals surface area contributed by atoms with Crippen molar-refractivity contribution in [2.75, 3.05) is 5.43 Å². The lowest BCUT2D eigenvalue weighted by Crippen LogP contribution is -2.05. The summed E-state index contributed by atoms with van der Waals surface area (Å²) in [5.74, 6) is 0.145. The van der Waals surface area contributed by atoms with Gasteiger partial charge in [-0.1, -0.05) is 0 Å². The number of pyridine rings is 1. The molecule has 0 aliphatic carbocycles. The maximum absolute atomic E-state index is 12.3. The number of hydrogen-bond donors (Lipinski definition) is 1. The fourth-order valence-electron chi connectivity index (χ4n) is 1.48. The van der Waals surface area contributed by atoms with E-state index in [1.54, 1.807) is 0 Å². The van der Waals surface area contributed by atoms with Crippen LogP contribution in [0.3, 0.4) is 0 Å². The van der Waals surface area contributed by atoms with E-state index >= 15 is 0 Å². The predicted molar refractivity (Wildman–Crippen MR) is 73.6 cm³/mol. The number of hydrogen-bond acceptors (Lipinski definition) is 5. The van der Waals surface area contributed by atoms with Gasteiger partial charge in [-0.05, 0) is 29.8 Å². The molecule has 0 spiro atoms. The molecule has 114 valence electrons. The number of alkyl halides is 3. The first-order chi connectivity index (χ1) is 10.4. The monoisotopic (exact) mass is 310 g/mol. The van der Waals surface area contributed by atoms with Gasteiger partial charge in [0.25, 0.3) is 5.69 Å². The van der Waals surface area contributed by atoms with Crippen LogP contribution in [0, 0.1) is 10.1 Å². The lowest BCUT2D eigenvalue weighted by atomic mass is 10.2. The van der Waals surface area contributed by atoms with E-state index in [2.05, 4.69) is 15.5 Å². The van der Waals surface area contributed by atoms with Crippen LogP contribution in [-0.4, -0.2) is 16.1 Å². The van der Waals surface area contributed by atoms with Gasteiger partial charge in [-0.15, -0.1) is 0 Å². The number of non-ortho nitro benzene ring substituents is 1. The zero-order valence-electron chi connectivity index (χ0n) is 10.9. The van der Waals surface area contributed by atoms with Crippen molar-refractivity contribution in [3.63, 3.8) is 0 Å². The Labute approximate surface area is 122 Å². The van der Waals surface area contributed by atoms with Gasteiger partial charge in [0, 0.05) is 18.3 Å². The molecule has 0 saturated carbocycles. The molecule has 0 saturated heterocycles. The van der Waals surface area contributed by atoms with Gasteiger partial charge in [0.15, 0.2) is 0 Å². The van der Waals surface area contributed by atoms with E-state index in [1.165, 1.54) is 30.5 Å². The number of nitro groups is 1. The molecular weight excluding hydrogens is 301 g/mol. The first-order valence-corrected chi connectivity index (χ1v) is 5.93. The minimum Gasteiger partial charge on any atom is -0.261 e. The third-order valence-electron chi connectivity index (χ3n) is 2.59. The molecule has 1 heterocycles. The molecule has 2 aromatic rings. The molecule has 1 N–H and O–H groups in total. The number of rotatable bonds is 4. The molecule has 0 bridgehead atoms. The number of nitrogens with zero attached hydrogens (tertiary/aromatic N) is 3. The summed E-state index contributed by atoms with van der Waals surface area (Å²) < 4.78 is 37.0. The third-order valence-corrected chi connectivity index (χ3v) is 2.59. The molecule has 0 radical (unpaired) electrons. The summed E-state index contributed by atoms with van der Waals surface area (Å²) in [6.07, 6.45) is -2.37. The summed E-state index contributed by atoms with van der Waals surface area (Å²) in [5.41, 5.74) is 2.16. The molecule has 0 amide bonds. The van der Waals surface area contributed by atoms with Crippen LogP contribution in [0.5, 0.6) is 0 Å². The molecule has 6 nitrogen and oxygen atoms in total. The summed E-state index contributed by atoms with van der Waals surface area (Å²) in [5, 5.41) is 14.3. The van der Waals surface area contributed by atoms with Gasteiger partial charge in [-0.25, -0.2) is 4.98 Å². The maximum atomic E-state index is 12.3. The van der Waals surface area contributed by atoms with Crippen LogP contribution in [0.4, 0.5) is 24.7 Å². The summed E-state index contributed by atoms with van der Waals surface area (Å²) >= 11 is 0. The van der Waals surface area contributed by atoms with Crippen LogP contribution in [-0.2, 0) is 6.18 Å². The number of nitro benzene ring substituents is 1. The molecule has 0 atom stereocenters. The van der Waals surface area contributed by atoms with E-state index < -0.39 is 16.7 Å². The SMILES string of the molecule is O=[N+]([O-])c1ccc(/C=N/Nc2ccc(C(F)(F)F)cn2)cc1. The van der Waals surface area contributed by atoms with E-state index in [4.69, 9.17) is 0 Å². The Morgan fingerprint density at radius 1 is 1.18 bits per heavy atom. The quantitative estimate of drug-likeness (QED) is 0.533. The van der Waals surface area contributed by atoms with Gasteiger partial charge in [-0.3, -0.25) is 15.5 Å². The first-order valence-electron chi connectivity index (χ1n) is 5.93. The van der Waals surface area contributed by atoms with Crippen molar-refractivity contribution in [1.82, 2.24) is 4.98 Å². The van der Waals surface area contributed by atoms with Gasteiger partial charge >= 0.3 is 6.18 Å². The molecule has 1 aromatic carbocycles. The van der Waals surface area contributed by atoms with Crippen LogP contribution >= 0.6 is 0 Å². The topological polar surface area (TPSA) is 80.4 Å². The van der Waals surface area contributed by atoms with Gasteiger partial charge in [0.05, 0.1) is 16.7 Å². The van der Waals surface area contributed by atoms with Crippen LogP contribution in [0.15, 0.2) is 47.7 Å². The van der Waals surface area contributed by atoms with Crippen LogP contribution in [0.25, 0.3) is 0 Å². The zero-order chi connectivity index (χ0) is 16.2. The first kappa shape index (κ1) is 15.4. The highest BCUT2D eigenvalue weighted by Gasteiger charge is 2.30. The second-order valence-corrected chi connectivity index (χ2v) is 4.15. The number of anilines is 1. The van der Waals surface area contributed by atoms with Crippen molar-refractivity contribution in [3.8, 4) is 0 Å². The number of nitrogens with one attached hydrogen (secondary N) is 1. The summed E-state index contributed by atoms with van der Waals surface area (Å²) in [6.45, 7) is 0. The number of benzene rings is 1. The molecular formula is C13H9F3N4O2. The second kappa shape index (κ2) is 6.20. The van der Waals surface area contributed by atoms with Crippen LogP contribution < -0.4 is 5.43 Å². The standard InChI is InChI=1S/C13H9F3N4O2/c14-13(15,16)10-3-6-12(17-8-10)19-18-7-9-1-4-11(5-2-9)20(21)22/h1-8H,(H,17,19)/b18-7+. The molecule has 0 fully saturated rings. The van der Waals surface area contributed by atoms with Crippen molar-refractivity contribution in [3.05, 3.63) is 63.8 Å². The van der Waals surface area contributed by atoms with Crippen molar-refractivity contribution in [1.29, 1.82) is 0 Å². The van der Waals surface area contributed by atoms with Gasteiger partial charge in [-0.2, -0.15) is 18.3 Å². The van der Waals surface area contributed by atoms with E-state index in [0.29, 0.717) is 11.8 Å². The number of hydrazone groups is 1. The average Bonchev–Trinajstić information content (AvgIpc) is 2.47. The fourth-order valence-corrected chi connectivity index (χ4v) is 1.48. The smallest absolute Gasteiger partial charge is 0.261 e. The molecule has 0 aliphatic heterocycles. The fraction of sp³-hybridized carbons (Fsp3) is 0.0769. The predicted octanol–water partition coefficient (Wildman–Crippen LogP) is 3.45. The van der Waals surface area contributed by atoms with E-state index in [1.807, 2.05) is 0 Å². The zero-order valence-corrected chi connectivity index (χ0v) is 10.9. The highest BCUT2D eigenvalue weighted by Crippen LogP contribution is 2.28. The molecule has 0 aliphatic rings. The Bertz CT molecular complexity index is 682. The van der Waals surface area contributed by atoms with Gasteiger partial charge in [0.1, 0.15) is 5.82 Å². The highest BCUT2D eigenvalue weighted by molar-refractivity contribution is 5.80. The Morgan fingerprint density at radius 3 is 2.36 bits per heavy atom. The number of aromatic nitrogens is 1. The lowest BCUT2D eigenvalue weighted by Gasteiger charge is -2.06. The van der Waals surface area contributed by atoms with Crippen molar-refractivity contribution in [2.24, 2.45) is 5.10 Å². The molecule has 1 aromatic heterocycles. The maximum Gasteiger partial charge on any atom is 0.417 e. The summed E-state index contributed by atoms with van der Waals surface area (Å²) in [6, 6.07) is 7.65. The Morgan fingerprint density at radius 2 is 1.86 bits per heavy atom. The normalized spacial score (nSPS) is 11.6. The van der Waals surface area contributed by atoms with E-state index in [0.717, 1.165) is 12.1 Å². The molecule has 2 rings (SSSR count). The third kappa shape index (κ3) is 4.01. The van der Waals surface area contributed by atoms with Gasteiger partial charge in [0.2, 0.25) is 0 Å². The minimum absolute atomic E-state index is 0.0467. The largest absolute Gasteiger partial charge is 0.417 e. The number of halogens is 3. The van der Waals surface area contributed by atoms with E-state index in [9.17, 15) is 23.3 Å². The summed E-state index contributed by atoms with van der Waals surface area (Å²) in [4.78, 5) is 13.5. The van der Waals surface area contributed by atoms with Crippen molar-refractivity contribution < 1.29 is 18.1 Å². The Balaban J connectivity index is 1.98. The Kier molecular flexibility index (Phi) is 4.35. The average molecular weight is 310 g/mol. The van der Waals surface area contributed by atoms with Crippen LogP contribution in [0.2, 0.25) is 0 Å².